The summed E-state index contributed by atoms with van der Waals surface area (Å²) in [4.78, 5) is 16.7. The standard InChI is InChI=1S/C31H24N4/c1-6-19(7-2)31-29-17-15-27(34-29)21(9-4)25-13-11-23(32-25)20(8-3)24-12-14-26(33-24)22(10-5)28-16-18-30(31)35-28/h3-5,11-19,34-35H,6-7H2,1-2H3. The first-order valence-electron chi connectivity index (χ1n) is 11.7. The summed E-state index contributed by atoms with van der Waals surface area (Å²) in [6, 6.07) is 8.19. The molecule has 168 valence electrons. The van der Waals surface area contributed by atoms with Crippen LogP contribution in [0.4, 0.5) is 0 Å². The van der Waals surface area contributed by atoms with Crippen LogP contribution in [0.2, 0.25) is 0 Å². The van der Waals surface area contributed by atoms with Gasteiger partial charge in [-0.15, -0.1) is 19.3 Å². The van der Waals surface area contributed by atoms with Gasteiger partial charge in [-0.1, -0.05) is 31.6 Å². The lowest BCUT2D eigenvalue weighted by Crippen LogP contribution is -1.97. The Labute approximate surface area is 205 Å². The summed E-state index contributed by atoms with van der Waals surface area (Å²) in [6.07, 6.45) is 27.3. The average Bonchev–Trinajstić information content (AvgIpc) is 3.67. The molecule has 5 rings (SSSR count). The van der Waals surface area contributed by atoms with Crippen molar-refractivity contribution >= 4 is 46.4 Å². The van der Waals surface area contributed by atoms with Crippen LogP contribution < -0.4 is 0 Å². The Morgan fingerprint density at radius 1 is 0.629 bits per heavy atom. The molecule has 4 heteroatoms. The molecule has 3 aromatic heterocycles. The third-order valence-electron chi connectivity index (χ3n) is 6.62. The molecule has 0 aromatic carbocycles. The molecule has 0 atom stereocenters. The Kier molecular flexibility index (Phi) is 5.62. The normalized spacial score (nSPS) is 11.9. The molecule has 5 heterocycles. The lowest BCUT2D eigenvalue weighted by molar-refractivity contribution is 0.649. The molecule has 0 saturated heterocycles. The van der Waals surface area contributed by atoms with E-state index in [-0.39, 0.29) is 0 Å². The highest BCUT2D eigenvalue weighted by atomic mass is 14.8. The van der Waals surface area contributed by atoms with E-state index < -0.39 is 0 Å². The fourth-order valence-electron chi connectivity index (χ4n) is 4.82. The van der Waals surface area contributed by atoms with Gasteiger partial charge in [0.1, 0.15) is 0 Å². The number of nitrogens with zero attached hydrogens (tertiary/aromatic N) is 2. The molecule has 0 amide bonds. The molecular weight excluding hydrogens is 428 g/mol. The van der Waals surface area contributed by atoms with Crippen LogP contribution >= 0.6 is 0 Å². The van der Waals surface area contributed by atoms with Gasteiger partial charge in [-0.05, 0) is 67.3 Å². The first kappa shape index (κ1) is 22.1. The zero-order valence-electron chi connectivity index (χ0n) is 19.7. The van der Waals surface area contributed by atoms with Gasteiger partial charge in [0.2, 0.25) is 0 Å². The third kappa shape index (κ3) is 3.65. The van der Waals surface area contributed by atoms with Gasteiger partial charge in [-0.3, -0.25) is 0 Å². The molecule has 2 N–H and O–H groups in total. The summed E-state index contributed by atoms with van der Waals surface area (Å²) < 4.78 is 0. The van der Waals surface area contributed by atoms with E-state index >= 15 is 0 Å². The zero-order valence-corrected chi connectivity index (χ0v) is 19.7. The second-order valence-corrected chi connectivity index (χ2v) is 8.49. The van der Waals surface area contributed by atoms with E-state index in [1.807, 2.05) is 36.4 Å². The van der Waals surface area contributed by atoms with Crippen LogP contribution in [0.1, 0.15) is 77.6 Å². The van der Waals surface area contributed by atoms with Gasteiger partial charge in [0.05, 0.1) is 50.5 Å². The maximum atomic E-state index is 5.96. The van der Waals surface area contributed by atoms with Crippen LogP contribution in [0.5, 0.6) is 0 Å². The smallest absolute Gasteiger partial charge is 0.0816 e. The SMILES string of the molecule is C#Cc1c2nc(c(C#C)c3ccc([nH]3)c(C(CC)CC)c3ccc([nH]3)c(C#C)c3nc1C=C3)C=C2. The van der Waals surface area contributed by atoms with Crippen LogP contribution in [0.15, 0.2) is 24.3 Å². The van der Waals surface area contributed by atoms with Crippen LogP contribution in [0, 0.1) is 37.0 Å². The Hall–Kier alpha value is -4.72. The van der Waals surface area contributed by atoms with Gasteiger partial charge >= 0.3 is 0 Å². The predicted octanol–water partition coefficient (Wildman–Crippen LogP) is 6.50. The van der Waals surface area contributed by atoms with Gasteiger partial charge < -0.3 is 9.97 Å². The second-order valence-electron chi connectivity index (χ2n) is 8.49. The molecule has 3 aromatic rings. The van der Waals surface area contributed by atoms with Gasteiger partial charge in [0.25, 0.3) is 0 Å². The van der Waals surface area contributed by atoms with Gasteiger partial charge in [0.15, 0.2) is 0 Å². The number of terminal acetylenes is 3. The molecule has 8 bridgehead atoms. The molecule has 0 fully saturated rings. The molecule has 2 aliphatic heterocycles. The number of rotatable bonds is 3. The first-order chi connectivity index (χ1) is 17.1. The van der Waals surface area contributed by atoms with Crippen molar-refractivity contribution in [2.45, 2.75) is 32.6 Å². The highest BCUT2D eigenvalue weighted by Crippen LogP contribution is 2.32. The molecule has 0 saturated carbocycles. The zero-order chi connectivity index (χ0) is 24.5. The van der Waals surface area contributed by atoms with Crippen LogP contribution in [-0.4, -0.2) is 19.9 Å². The fourth-order valence-corrected chi connectivity index (χ4v) is 4.82. The minimum atomic E-state index is 0.343. The largest absolute Gasteiger partial charge is 0.354 e. The van der Waals surface area contributed by atoms with E-state index in [2.05, 4.69) is 53.7 Å². The van der Waals surface area contributed by atoms with Crippen molar-refractivity contribution < 1.29 is 0 Å². The van der Waals surface area contributed by atoms with Crippen molar-refractivity contribution in [2.24, 2.45) is 0 Å². The molecular formula is C31H24N4. The number of hydrogen-bond donors (Lipinski definition) is 2. The van der Waals surface area contributed by atoms with Gasteiger partial charge in [0, 0.05) is 16.6 Å². The number of fused-ring (bicyclic) bond motifs is 8. The number of nitrogens with one attached hydrogen (secondary N) is 2. The maximum absolute atomic E-state index is 5.96. The average molecular weight is 453 g/mol. The van der Waals surface area contributed by atoms with Gasteiger partial charge in [-0.2, -0.15) is 0 Å². The lowest BCUT2D eigenvalue weighted by Gasteiger charge is -2.13. The van der Waals surface area contributed by atoms with Crippen molar-refractivity contribution in [2.75, 3.05) is 0 Å². The van der Waals surface area contributed by atoms with Crippen molar-refractivity contribution in [1.29, 1.82) is 0 Å². The number of hydrogen-bond acceptors (Lipinski definition) is 2. The minimum absolute atomic E-state index is 0.343. The predicted molar refractivity (Wildman–Crippen MR) is 146 cm³/mol. The quantitative estimate of drug-likeness (QED) is 0.307. The molecule has 0 spiro atoms. The van der Waals surface area contributed by atoms with E-state index in [0.29, 0.717) is 45.4 Å². The number of aromatic nitrogens is 4. The summed E-state index contributed by atoms with van der Waals surface area (Å²) in [7, 11) is 0. The van der Waals surface area contributed by atoms with Crippen LogP contribution in [0.3, 0.4) is 0 Å². The summed E-state index contributed by atoms with van der Waals surface area (Å²) in [5.41, 5.74) is 9.51. The first-order valence-corrected chi connectivity index (χ1v) is 11.7. The summed E-state index contributed by atoms with van der Waals surface area (Å²) in [5, 5.41) is 0. The maximum Gasteiger partial charge on any atom is 0.0816 e. The Balaban J connectivity index is 2.02. The van der Waals surface area contributed by atoms with Crippen molar-refractivity contribution in [1.82, 2.24) is 19.9 Å². The second kappa shape index (κ2) is 8.90. The monoisotopic (exact) mass is 452 g/mol. The summed E-state index contributed by atoms with van der Waals surface area (Å²) >= 11 is 0. The highest BCUT2D eigenvalue weighted by molar-refractivity contribution is 5.86. The molecule has 0 radical (unpaired) electrons. The lowest BCUT2D eigenvalue weighted by atomic mass is 9.93. The van der Waals surface area contributed by atoms with Crippen LogP contribution in [-0.2, 0) is 0 Å². The van der Waals surface area contributed by atoms with Crippen molar-refractivity contribution in [3.8, 4) is 37.0 Å². The Morgan fingerprint density at radius 3 is 1.37 bits per heavy atom. The summed E-state index contributed by atoms with van der Waals surface area (Å²) in [6.45, 7) is 4.41. The Morgan fingerprint density at radius 2 is 1.00 bits per heavy atom. The molecule has 2 aliphatic rings. The van der Waals surface area contributed by atoms with E-state index in [4.69, 9.17) is 29.2 Å². The Bertz CT molecular complexity index is 1580. The summed E-state index contributed by atoms with van der Waals surface area (Å²) in [5.74, 6) is 8.73. The molecule has 0 unspecified atom stereocenters. The van der Waals surface area contributed by atoms with Crippen molar-refractivity contribution in [3.05, 3.63) is 69.3 Å². The number of aromatic amines is 2. The van der Waals surface area contributed by atoms with Crippen molar-refractivity contribution in [3.63, 3.8) is 0 Å². The molecule has 35 heavy (non-hydrogen) atoms. The van der Waals surface area contributed by atoms with Crippen LogP contribution in [0.25, 0.3) is 46.4 Å². The molecule has 0 aliphatic carbocycles. The van der Waals surface area contributed by atoms with E-state index in [9.17, 15) is 0 Å². The van der Waals surface area contributed by atoms with E-state index in [1.54, 1.807) is 0 Å². The van der Waals surface area contributed by atoms with Gasteiger partial charge in [-0.25, -0.2) is 9.97 Å². The van der Waals surface area contributed by atoms with E-state index in [1.165, 1.54) is 5.56 Å². The topological polar surface area (TPSA) is 57.4 Å². The highest BCUT2D eigenvalue weighted by Gasteiger charge is 2.16. The molecule has 4 nitrogen and oxygen atoms in total. The minimum Gasteiger partial charge on any atom is -0.354 e. The third-order valence-corrected chi connectivity index (χ3v) is 6.62. The van der Waals surface area contributed by atoms with E-state index in [0.717, 1.165) is 34.9 Å². The fraction of sp³-hybridized carbons (Fsp3) is 0.161. The number of H-pyrrole nitrogens is 2.